The highest BCUT2D eigenvalue weighted by Gasteiger charge is 2.32. The van der Waals surface area contributed by atoms with E-state index in [4.69, 9.17) is 4.74 Å². The fraction of sp³-hybridized carbons (Fsp3) is 0.923. The van der Waals surface area contributed by atoms with Crippen LogP contribution in [0.4, 0.5) is 0 Å². The molecule has 0 amide bonds. The Morgan fingerprint density at radius 3 is 2.27 bits per heavy atom. The van der Waals surface area contributed by atoms with Crippen molar-refractivity contribution in [3.63, 3.8) is 0 Å². The average molecular weight is 212 g/mol. The Bertz CT molecular complexity index is 209. The molecular formula is C13H24O2. The Morgan fingerprint density at radius 1 is 1.33 bits per heavy atom. The Morgan fingerprint density at radius 2 is 1.87 bits per heavy atom. The largest absolute Gasteiger partial charge is 0.462 e. The third-order valence-electron chi connectivity index (χ3n) is 3.32. The highest BCUT2D eigenvalue weighted by molar-refractivity contribution is 5.73. The van der Waals surface area contributed by atoms with E-state index in [1.54, 1.807) is 0 Å². The highest BCUT2D eigenvalue weighted by atomic mass is 16.5. The third kappa shape index (κ3) is 3.51. The first-order chi connectivity index (χ1) is 6.95. The van der Waals surface area contributed by atoms with Gasteiger partial charge in [0.25, 0.3) is 0 Å². The van der Waals surface area contributed by atoms with Crippen LogP contribution in [0.25, 0.3) is 0 Å². The van der Waals surface area contributed by atoms with Crippen molar-refractivity contribution in [2.24, 2.45) is 11.3 Å². The van der Waals surface area contributed by atoms with Gasteiger partial charge in [0.05, 0.1) is 5.92 Å². The van der Waals surface area contributed by atoms with Crippen LogP contribution in [0.1, 0.15) is 59.8 Å². The van der Waals surface area contributed by atoms with Gasteiger partial charge in [-0.15, -0.1) is 0 Å². The van der Waals surface area contributed by atoms with E-state index < -0.39 is 0 Å². The predicted molar refractivity (Wildman–Crippen MR) is 61.6 cm³/mol. The number of hydrogen-bond donors (Lipinski definition) is 0. The summed E-state index contributed by atoms with van der Waals surface area (Å²) in [5.74, 6) is 0.0509. The lowest BCUT2D eigenvalue weighted by atomic mass is 9.79. The van der Waals surface area contributed by atoms with Crippen molar-refractivity contribution in [3.8, 4) is 0 Å². The van der Waals surface area contributed by atoms with Crippen LogP contribution in [0, 0.1) is 11.3 Å². The normalized spacial score (nSPS) is 20.3. The van der Waals surface area contributed by atoms with Gasteiger partial charge in [-0.05, 0) is 37.5 Å². The van der Waals surface area contributed by atoms with Crippen molar-refractivity contribution >= 4 is 5.97 Å². The highest BCUT2D eigenvalue weighted by Crippen LogP contribution is 2.31. The summed E-state index contributed by atoms with van der Waals surface area (Å²) in [6, 6.07) is 0. The number of esters is 1. The molecule has 2 nitrogen and oxygen atoms in total. The van der Waals surface area contributed by atoms with Gasteiger partial charge in [-0.25, -0.2) is 0 Å². The second-order valence-corrected chi connectivity index (χ2v) is 5.67. The SMILES string of the molecule is CCC(C(=O)OC1CCCC1)C(C)(C)C. The zero-order valence-electron chi connectivity index (χ0n) is 10.5. The molecule has 1 aliphatic carbocycles. The van der Waals surface area contributed by atoms with Crippen LogP contribution in [0.2, 0.25) is 0 Å². The maximum Gasteiger partial charge on any atom is 0.309 e. The number of carbonyl (C=O) groups excluding carboxylic acids is 1. The van der Waals surface area contributed by atoms with E-state index in [-0.39, 0.29) is 23.4 Å². The number of rotatable bonds is 3. The van der Waals surface area contributed by atoms with Crippen LogP contribution in [-0.4, -0.2) is 12.1 Å². The molecule has 88 valence electrons. The van der Waals surface area contributed by atoms with Crippen LogP contribution < -0.4 is 0 Å². The minimum Gasteiger partial charge on any atom is -0.462 e. The molecule has 1 rings (SSSR count). The zero-order valence-corrected chi connectivity index (χ0v) is 10.5. The van der Waals surface area contributed by atoms with Crippen molar-refractivity contribution in [1.82, 2.24) is 0 Å². The Kier molecular flexibility index (Phi) is 4.18. The maximum absolute atomic E-state index is 12.0. The topological polar surface area (TPSA) is 26.3 Å². The van der Waals surface area contributed by atoms with Crippen LogP contribution >= 0.6 is 0 Å². The molecule has 15 heavy (non-hydrogen) atoms. The molecule has 0 bridgehead atoms. The van der Waals surface area contributed by atoms with Crippen molar-refractivity contribution in [1.29, 1.82) is 0 Å². The molecule has 0 aromatic rings. The van der Waals surface area contributed by atoms with Gasteiger partial charge in [0.15, 0.2) is 0 Å². The summed E-state index contributed by atoms with van der Waals surface area (Å²) < 4.78 is 5.55. The first-order valence-corrected chi connectivity index (χ1v) is 6.15. The van der Waals surface area contributed by atoms with Gasteiger partial charge >= 0.3 is 5.97 Å². The van der Waals surface area contributed by atoms with E-state index in [1.807, 2.05) is 0 Å². The Balaban J connectivity index is 2.49. The summed E-state index contributed by atoms with van der Waals surface area (Å²) in [7, 11) is 0. The second-order valence-electron chi connectivity index (χ2n) is 5.67. The molecule has 1 saturated carbocycles. The van der Waals surface area contributed by atoms with Crippen LogP contribution in [0.5, 0.6) is 0 Å². The average Bonchev–Trinajstić information content (AvgIpc) is 2.54. The molecule has 0 aromatic carbocycles. The molecule has 1 atom stereocenters. The van der Waals surface area contributed by atoms with Gasteiger partial charge in [0.2, 0.25) is 0 Å². The fourth-order valence-corrected chi connectivity index (χ4v) is 2.39. The van der Waals surface area contributed by atoms with Crippen LogP contribution in [0.15, 0.2) is 0 Å². The molecule has 0 radical (unpaired) electrons. The molecule has 1 aliphatic rings. The summed E-state index contributed by atoms with van der Waals surface area (Å²) in [5, 5.41) is 0. The monoisotopic (exact) mass is 212 g/mol. The van der Waals surface area contributed by atoms with Gasteiger partial charge in [-0.3, -0.25) is 4.79 Å². The number of carbonyl (C=O) groups is 1. The molecule has 0 saturated heterocycles. The van der Waals surface area contributed by atoms with Crippen molar-refractivity contribution < 1.29 is 9.53 Å². The van der Waals surface area contributed by atoms with Crippen molar-refractivity contribution in [2.45, 2.75) is 65.9 Å². The van der Waals surface area contributed by atoms with Gasteiger partial charge in [0, 0.05) is 0 Å². The number of hydrogen-bond acceptors (Lipinski definition) is 2. The van der Waals surface area contributed by atoms with Gasteiger partial charge in [0.1, 0.15) is 6.10 Å². The van der Waals surface area contributed by atoms with E-state index in [9.17, 15) is 4.79 Å². The summed E-state index contributed by atoms with van der Waals surface area (Å²) in [5.41, 5.74) is 0.0183. The molecule has 0 spiro atoms. The standard InChI is InChI=1S/C13H24O2/c1-5-11(13(2,3)4)12(14)15-10-8-6-7-9-10/h10-11H,5-9H2,1-4H3. The van der Waals surface area contributed by atoms with Gasteiger partial charge in [-0.2, -0.15) is 0 Å². The first-order valence-electron chi connectivity index (χ1n) is 6.15. The maximum atomic E-state index is 12.0. The van der Waals surface area contributed by atoms with E-state index in [1.165, 1.54) is 12.8 Å². The molecular weight excluding hydrogens is 188 g/mol. The summed E-state index contributed by atoms with van der Waals surface area (Å²) in [4.78, 5) is 12.0. The Hall–Kier alpha value is -0.530. The number of ether oxygens (including phenoxy) is 1. The van der Waals surface area contributed by atoms with Crippen LogP contribution in [0.3, 0.4) is 0 Å². The molecule has 1 unspecified atom stereocenters. The zero-order chi connectivity index (χ0) is 11.5. The third-order valence-corrected chi connectivity index (χ3v) is 3.32. The smallest absolute Gasteiger partial charge is 0.309 e. The lowest BCUT2D eigenvalue weighted by Gasteiger charge is -2.28. The van der Waals surface area contributed by atoms with Crippen molar-refractivity contribution in [3.05, 3.63) is 0 Å². The molecule has 0 heterocycles. The molecule has 2 heteroatoms. The first kappa shape index (κ1) is 12.5. The molecule has 0 aliphatic heterocycles. The van der Waals surface area contributed by atoms with E-state index in [2.05, 4.69) is 27.7 Å². The van der Waals surface area contributed by atoms with Gasteiger partial charge in [-0.1, -0.05) is 27.7 Å². The minimum absolute atomic E-state index is 0.0110. The fourth-order valence-electron chi connectivity index (χ4n) is 2.39. The van der Waals surface area contributed by atoms with Gasteiger partial charge < -0.3 is 4.74 Å². The summed E-state index contributed by atoms with van der Waals surface area (Å²) >= 11 is 0. The summed E-state index contributed by atoms with van der Waals surface area (Å²) in [6.45, 7) is 8.39. The lowest BCUT2D eigenvalue weighted by molar-refractivity contribution is -0.157. The molecule has 1 fully saturated rings. The Labute approximate surface area is 93.4 Å². The lowest BCUT2D eigenvalue weighted by Crippen LogP contribution is -2.31. The van der Waals surface area contributed by atoms with Crippen molar-refractivity contribution in [2.75, 3.05) is 0 Å². The van der Waals surface area contributed by atoms with Crippen LogP contribution in [-0.2, 0) is 9.53 Å². The van der Waals surface area contributed by atoms with E-state index in [0.717, 1.165) is 19.3 Å². The quantitative estimate of drug-likeness (QED) is 0.669. The minimum atomic E-state index is 0.0110. The summed E-state index contributed by atoms with van der Waals surface area (Å²) in [6.07, 6.45) is 5.62. The van der Waals surface area contributed by atoms with E-state index in [0.29, 0.717) is 0 Å². The molecule has 0 N–H and O–H groups in total. The molecule has 0 aromatic heterocycles. The second kappa shape index (κ2) is 5.00. The predicted octanol–water partition coefficient (Wildman–Crippen LogP) is 3.54. The van der Waals surface area contributed by atoms with E-state index >= 15 is 0 Å².